The van der Waals surface area contributed by atoms with Crippen LogP contribution in [0.1, 0.15) is 41.0 Å². The molecule has 0 atom stereocenters. The van der Waals surface area contributed by atoms with Crippen LogP contribution in [0.3, 0.4) is 0 Å². The zero-order chi connectivity index (χ0) is 16.9. The first-order valence-electron chi connectivity index (χ1n) is 8.25. The number of anilines is 1. The lowest BCUT2D eigenvalue weighted by Crippen LogP contribution is -2.32. The molecule has 1 N–H and O–H groups in total. The van der Waals surface area contributed by atoms with E-state index < -0.39 is 0 Å². The molecule has 1 amide bonds. The van der Waals surface area contributed by atoms with E-state index in [0.29, 0.717) is 17.2 Å². The fourth-order valence-electron chi connectivity index (χ4n) is 2.82. The average Bonchev–Trinajstić information content (AvgIpc) is 2.60. The second-order valence-corrected chi connectivity index (χ2v) is 6.05. The molecular formula is C18H21FN4O. The van der Waals surface area contributed by atoms with Crippen LogP contribution < -0.4 is 10.2 Å². The summed E-state index contributed by atoms with van der Waals surface area (Å²) in [6.45, 7) is 3.97. The van der Waals surface area contributed by atoms with Crippen molar-refractivity contribution in [1.82, 2.24) is 15.3 Å². The number of hydrogen-bond donors (Lipinski definition) is 1. The second-order valence-electron chi connectivity index (χ2n) is 6.05. The van der Waals surface area contributed by atoms with Gasteiger partial charge in [-0.15, -0.1) is 0 Å². The Balaban J connectivity index is 1.71. The molecule has 2 aromatic rings. The summed E-state index contributed by atoms with van der Waals surface area (Å²) < 4.78 is 13.2. The van der Waals surface area contributed by atoms with Crippen LogP contribution in [0.5, 0.6) is 0 Å². The van der Waals surface area contributed by atoms with E-state index in [1.165, 1.54) is 18.6 Å². The highest BCUT2D eigenvalue weighted by Crippen LogP contribution is 2.16. The number of rotatable bonds is 4. The highest BCUT2D eigenvalue weighted by Gasteiger charge is 2.17. The lowest BCUT2D eigenvalue weighted by molar-refractivity contribution is 0.0945. The molecule has 0 aliphatic carbocycles. The van der Waals surface area contributed by atoms with Crippen molar-refractivity contribution in [3.63, 3.8) is 0 Å². The van der Waals surface area contributed by atoms with E-state index in [1.807, 2.05) is 6.92 Å². The molecule has 0 saturated carbocycles. The van der Waals surface area contributed by atoms with Gasteiger partial charge < -0.3 is 10.2 Å². The predicted octanol–water partition coefficient (Wildman–Crippen LogP) is 2.84. The molecule has 5 nitrogen and oxygen atoms in total. The van der Waals surface area contributed by atoms with Crippen LogP contribution >= 0.6 is 0 Å². The highest BCUT2D eigenvalue weighted by atomic mass is 19.1. The van der Waals surface area contributed by atoms with Gasteiger partial charge >= 0.3 is 0 Å². The number of aryl methyl sites for hydroxylation is 1. The Morgan fingerprint density at radius 1 is 1.21 bits per heavy atom. The maximum Gasteiger partial charge on any atom is 0.270 e. The van der Waals surface area contributed by atoms with Crippen LogP contribution in [0.25, 0.3) is 0 Å². The molecule has 24 heavy (non-hydrogen) atoms. The van der Waals surface area contributed by atoms with Gasteiger partial charge in [0.2, 0.25) is 5.95 Å². The average molecular weight is 328 g/mol. The molecule has 126 valence electrons. The van der Waals surface area contributed by atoms with Crippen molar-refractivity contribution in [3.8, 4) is 0 Å². The Bertz CT molecular complexity index is 729. The maximum atomic E-state index is 13.2. The number of nitrogens with one attached hydrogen (secondary N) is 1. The third-order valence-corrected chi connectivity index (χ3v) is 4.06. The molecule has 0 radical (unpaired) electrons. The fourth-order valence-corrected chi connectivity index (χ4v) is 2.82. The van der Waals surface area contributed by atoms with Crippen molar-refractivity contribution in [1.29, 1.82) is 0 Å². The minimum absolute atomic E-state index is 0.263. The molecule has 1 aliphatic rings. The molecule has 3 rings (SSSR count). The van der Waals surface area contributed by atoms with Gasteiger partial charge in [0.25, 0.3) is 5.91 Å². The van der Waals surface area contributed by atoms with Gasteiger partial charge in [0.05, 0.1) is 0 Å². The Morgan fingerprint density at radius 2 is 2.00 bits per heavy atom. The van der Waals surface area contributed by atoms with Crippen molar-refractivity contribution in [2.24, 2.45) is 0 Å². The van der Waals surface area contributed by atoms with Gasteiger partial charge in [-0.2, -0.15) is 0 Å². The highest BCUT2D eigenvalue weighted by molar-refractivity contribution is 5.92. The zero-order valence-corrected chi connectivity index (χ0v) is 13.8. The van der Waals surface area contributed by atoms with Crippen LogP contribution in [-0.2, 0) is 6.54 Å². The summed E-state index contributed by atoms with van der Waals surface area (Å²) >= 11 is 0. The zero-order valence-electron chi connectivity index (χ0n) is 13.8. The Labute approximate surface area is 140 Å². The first-order valence-corrected chi connectivity index (χ1v) is 8.25. The number of piperidine rings is 1. The molecule has 1 aromatic carbocycles. The SMILES string of the molecule is Cc1cc(C(=O)NCc2cccc(F)c2)nc(N2CCCCC2)n1. The van der Waals surface area contributed by atoms with Gasteiger partial charge in [0, 0.05) is 25.3 Å². The van der Waals surface area contributed by atoms with E-state index in [1.54, 1.807) is 18.2 Å². The number of carbonyl (C=O) groups is 1. The third kappa shape index (κ3) is 4.07. The number of carbonyl (C=O) groups excluding carboxylic acids is 1. The van der Waals surface area contributed by atoms with Crippen LogP contribution in [-0.4, -0.2) is 29.0 Å². The largest absolute Gasteiger partial charge is 0.347 e. The second kappa shape index (κ2) is 7.38. The fraction of sp³-hybridized carbons (Fsp3) is 0.389. The molecule has 0 unspecified atom stereocenters. The summed E-state index contributed by atoms with van der Waals surface area (Å²) in [5.41, 5.74) is 1.83. The Kier molecular flexibility index (Phi) is 5.03. The topological polar surface area (TPSA) is 58.1 Å². The molecule has 1 aliphatic heterocycles. The summed E-state index contributed by atoms with van der Waals surface area (Å²) in [6, 6.07) is 7.86. The van der Waals surface area contributed by atoms with Crippen molar-refractivity contribution < 1.29 is 9.18 Å². The number of hydrogen-bond acceptors (Lipinski definition) is 4. The van der Waals surface area contributed by atoms with E-state index in [0.717, 1.165) is 31.6 Å². The van der Waals surface area contributed by atoms with Gasteiger partial charge in [0.1, 0.15) is 11.5 Å². The standard InChI is InChI=1S/C18H21FN4O/c1-13-10-16(22-18(21-13)23-8-3-2-4-9-23)17(24)20-12-14-6-5-7-15(19)11-14/h5-7,10-11H,2-4,8-9,12H2,1H3,(H,20,24). The minimum Gasteiger partial charge on any atom is -0.347 e. The van der Waals surface area contributed by atoms with Gasteiger partial charge in [0.15, 0.2) is 0 Å². The van der Waals surface area contributed by atoms with Gasteiger partial charge in [-0.05, 0) is 49.9 Å². The molecule has 1 aromatic heterocycles. The predicted molar refractivity (Wildman–Crippen MR) is 90.4 cm³/mol. The Hall–Kier alpha value is -2.50. The van der Waals surface area contributed by atoms with Crippen molar-refractivity contribution in [2.45, 2.75) is 32.7 Å². The van der Waals surface area contributed by atoms with E-state index >= 15 is 0 Å². The number of amides is 1. The third-order valence-electron chi connectivity index (χ3n) is 4.06. The number of nitrogens with zero attached hydrogens (tertiary/aromatic N) is 3. The number of halogens is 1. The van der Waals surface area contributed by atoms with Gasteiger partial charge in [-0.25, -0.2) is 14.4 Å². The summed E-state index contributed by atoms with van der Waals surface area (Å²) in [6.07, 6.45) is 3.47. The molecular weight excluding hydrogens is 307 g/mol. The van der Waals surface area contributed by atoms with E-state index in [9.17, 15) is 9.18 Å². The van der Waals surface area contributed by atoms with Crippen molar-refractivity contribution in [3.05, 3.63) is 53.1 Å². The van der Waals surface area contributed by atoms with Gasteiger partial charge in [-0.1, -0.05) is 12.1 Å². The maximum absolute atomic E-state index is 13.2. The minimum atomic E-state index is -0.313. The van der Waals surface area contributed by atoms with E-state index in [2.05, 4.69) is 20.2 Å². The van der Waals surface area contributed by atoms with Gasteiger partial charge in [-0.3, -0.25) is 4.79 Å². The molecule has 6 heteroatoms. The molecule has 0 spiro atoms. The normalized spacial score (nSPS) is 14.5. The van der Waals surface area contributed by atoms with Crippen LogP contribution in [0, 0.1) is 12.7 Å². The van der Waals surface area contributed by atoms with Crippen LogP contribution in [0.15, 0.2) is 30.3 Å². The lowest BCUT2D eigenvalue weighted by atomic mass is 10.1. The first kappa shape index (κ1) is 16.4. The first-order chi connectivity index (χ1) is 11.6. The quantitative estimate of drug-likeness (QED) is 0.937. The lowest BCUT2D eigenvalue weighted by Gasteiger charge is -2.27. The summed E-state index contributed by atoms with van der Waals surface area (Å²) in [5.74, 6) is 0.0284. The smallest absolute Gasteiger partial charge is 0.270 e. The summed E-state index contributed by atoms with van der Waals surface area (Å²) in [4.78, 5) is 23.4. The van der Waals surface area contributed by atoms with Crippen LogP contribution in [0.4, 0.5) is 10.3 Å². The molecule has 0 bridgehead atoms. The number of aromatic nitrogens is 2. The van der Waals surface area contributed by atoms with E-state index in [-0.39, 0.29) is 18.3 Å². The van der Waals surface area contributed by atoms with E-state index in [4.69, 9.17) is 0 Å². The molecule has 2 heterocycles. The van der Waals surface area contributed by atoms with Crippen molar-refractivity contribution >= 4 is 11.9 Å². The monoisotopic (exact) mass is 328 g/mol. The Morgan fingerprint density at radius 3 is 2.75 bits per heavy atom. The number of benzene rings is 1. The van der Waals surface area contributed by atoms with Crippen LogP contribution in [0.2, 0.25) is 0 Å². The summed E-state index contributed by atoms with van der Waals surface area (Å²) in [7, 11) is 0. The molecule has 1 fully saturated rings. The summed E-state index contributed by atoms with van der Waals surface area (Å²) in [5, 5.41) is 2.79. The van der Waals surface area contributed by atoms with Crippen molar-refractivity contribution in [2.75, 3.05) is 18.0 Å². The molecule has 1 saturated heterocycles.